The first-order valence-corrected chi connectivity index (χ1v) is 11.5. The minimum Gasteiger partial charge on any atom is -0.351 e. The summed E-state index contributed by atoms with van der Waals surface area (Å²) in [6.45, 7) is 0.417. The highest BCUT2D eigenvalue weighted by molar-refractivity contribution is 9.10. The molecule has 0 fully saturated rings. The van der Waals surface area contributed by atoms with Crippen molar-refractivity contribution in [3.05, 3.63) is 76.8 Å². The zero-order valence-electron chi connectivity index (χ0n) is 14.6. The summed E-state index contributed by atoms with van der Waals surface area (Å²) < 4.78 is 25.9. The fraction of sp³-hybridized carbons (Fsp3) is 0.105. The molecule has 0 radical (unpaired) electrons. The van der Waals surface area contributed by atoms with Crippen LogP contribution in [0.1, 0.15) is 5.56 Å². The van der Waals surface area contributed by atoms with Gasteiger partial charge in [0, 0.05) is 11.0 Å². The number of nitrogens with one attached hydrogen (secondary N) is 1. The highest BCUT2D eigenvalue weighted by Gasteiger charge is 2.19. The van der Waals surface area contributed by atoms with Crippen LogP contribution in [0.2, 0.25) is 0 Å². The average molecular weight is 478 g/mol. The number of thioether (sulfide) groups is 1. The molecule has 0 saturated heterocycles. The van der Waals surface area contributed by atoms with E-state index in [1.165, 1.54) is 30.0 Å². The number of sulfone groups is 1. The molecule has 2 aromatic carbocycles. The second kappa shape index (κ2) is 9.31. The fourth-order valence-corrected chi connectivity index (χ4v) is 4.50. The molecule has 3 rings (SSSR count). The second-order valence-electron chi connectivity index (χ2n) is 5.68. The van der Waals surface area contributed by atoms with Gasteiger partial charge in [0.2, 0.25) is 15.7 Å². The first kappa shape index (κ1) is 20.5. The van der Waals surface area contributed by atoms with Crippen LogP contribution >= 0.6 is 27.7 Å². The number of hydrogen-bond donors (Lipinski definition) is 1. The summed E-state index contributed by atoms with van der Waals surface area (Å²) in [6.07, 6.45) is 0. The van der Waals surface area contributed by atoms with E-state index in [1.807, 2.05) is 24.3 Å². The van der Waals surface area contributed by atoms with E-state index in [2.05, 4.69) is 31.4 Å². The van der Waals surface area contributed by atoms with Crippen molar-refractivity contribution in [3.63, 3.8) is 0 Å². The number of aromatic nitrogens is 2. The van der Waals surface area contributed by atoms with Crippen molar-refractivity contribution in [3.8, 4) is 0 Å². The number of nitrogens with zero attached hydrogens (tertiary/aromatic N) is 2. The summed E-state index contributed by atoms with van der Waals surface area (Å²) in [7, 11) is -3.70. The number of rotatable bonds is 7. The monoisotopic (exact) mass is 477 g/mol. The van der Waals surface area contributed by atoms with Crippen molar-refractivity contribution in [1.29, 1.82) is 0 Å². The van der Waals surface area contributed by atoms with Crippen LogP contribution in [-0.2, 0) is 21.2 Å². The number of amides is 1. The predicted octanol–water partition coefficient (Wildman–Crippen LogP) is 3.48. The van der Waals surface area contributed by atoms with E-state index in [-0.39, 0.29) is 21.6 Å². The highest BCUT2D eigenvalue weighted by atomic mass is 79.9. The molecule has 0 aliphatic rings. The molecule has 9 heteroatoms. The molecular formula is C19H16BrN3O3S2. The lowest BCUT2D eigenvalue weighted by Gasteiger charge is -2.07. The van der Waals surface area contributed by atoms with Gasteiger partial charge in [-0.2, -0.15) is 0 Å². The molecule has 0 atom stereocenters. The van der Waals surface area contributed by atoms with Crippen molar-refractivity contribution < 1.29 is 13.2 Å². The molecule has 0 unspecified atom stereocenters. The van der Waals surface area contributed by atoms with E-state index in [0.717, 1.165) is 10.0 Å². The minimum absolute atomic E-state index is 0.124. The van der Waals surface area contributed by atoms with Gasteiger partial charge in [-0.15, -0.1) is 10.2 Å². The number of halogens is 1. The standard InChI is InChI=1S/C19H16BrN3O3S2/c20-16-9-5-4-6-14(16)12-21-17(24)13-27-18-10-11-19(23-22-18)28(25,26)15-7-2-1-3-8-15/h1-11H,12-13H2,(H,21,24). The third-order valence-corrected chi connectivity index (χ3v) is 7.08. The first-order chi connectivity index (χ1) is 13.5. The van der Waals surface area contributed by atoms with E-state index in [9.17, 15) is 13.2 Å². The summed E-state index contributed by atoms with van der Waals surface area (Å²) in [5.41, 5.74) is 0.983. The van der Waals surface area contributed by atoms with Gasteiger partial charge in [-0.05, 0) is 35.9 Å². The van der Waals surface area contributed by atoms with Crippen molar-refractivity contribution in [2.45, 2.75) is 21.5 Å². The van der Waals surface area contributed by atoms with Gasteiger partial charge in [-0.25, -0.2) is 8.42 Å². The Balaban J connectivity index is 1.56. The summed E-state index contributed by atoms with van der Waals surface area (Å²) >= 11 is 4.63. The summed E-state index contributed by atoms with van der Waals surface area (Å²) in [4.78, 5) is 12.2. The number of carbonyl (C=O) groups is 1. The zero-order valence-corrected chi connectivity index (χ0v) is 17.8. The maximum Gasteiger partial charge on any atom is 0.230 e. The predicted molar refractivity (Wildman–Crippen MR) is 111 cm³/mol. The van der Waals surface area contributed by atoms with Crippen LogP contribution in [0.5, 0.6) is 0 Å². The molecule has 1 amide bonds. The molecular weight excluding hydrogens is 462 g/mol. The van der Waals surface area contributed by atoms with Gasteiger partial charge in [0.15, 0.2) is 5.03 Å². The minimum atomic E-state index is -3.70. The first-order valence-electron chi connectivity index (χ1n) is 8.23. The molecule has 1 aromatic heterocycles. The largest absolute Gasteiger partial charge is 0.351 e. The van der Waals surface area contributed by atoms with Crippen molar-refractivity contribution in [2.75, 3.05) is 5.75 Å². The Labute approximate surface area is 175 Å². The smallest absolute Gasteiger partial charge is 0.230 e. The quantitative estimate of drug-likeness (QED) is 0.523. The Morgan fingerprint density at radius 2 is 1.68 bits per heavy atom. The molecule has 0 aliphatic carbocycles. The molecule has 1 heterocycles. The molecule has 1 N–H and O–H groups in total. The molecule has 28 heavy (non-hydrogen) atoms. The Hall–Kier alpha value is -2.23. The van der Waals surface area contributed by atoms with Gasteiger partial charge in [-0.3, -0.25) is 4.79 Å². The normalized spacial score (nSPS) is 11.2. The lowest BCUT2D eigenvalue weighted by Crippen LogP contribution is -2.24. The average Bonchev–Trinajstić information content (AvgIpc) is 2.72. The van der Waals surface area contributed by atoms with Crippen LogP contribution in [0, 0.1) is 0 Å². The number of hydrogen-bond acceptors (Lipinski definition) is 6. The van der Waals surface area contributed by atoms with Crippen molar-refractivity contribution in [2.24, 2.45) is 0 Å². The Morgan fingerprint density at radius 1 is 0.964 bits per heavy atom. The van der Waals surface area contributed by atoms with Gasteiger partial charge < -0.3 is 5.32 Å². The maximum atomic E-state index is 12.5. The van der Waals surface area contributed by atoms with Crippen LogP contribution in [0.4, 0.5) is 0 Å². The summed E-state index contributed by atoms with van der Waals surface area (Å²) in [6, 6.07) is 18.7. The Kier molecular flexibility index (Phi) is 6.82. The Bertz CT molecular complexity index is 1060. The maximum absolute atomic E-state index is 12.5. The van der Waals surface area contributed by atoms with E-state index in [1.54, 1.807) is 24.3 Å². The van der Waals surface area contributed by atoms with Gasteiger partial charge >= 0.3 is 0 Å². The highest BCUT2D eigenvalue weighted by Crippen LogP contribution is 2.20. The summed E-state index contributed by atoms with van der Waals surface area (Å²) in [5, 5.41) is 10.9. The molecule has 0 bridgehead atoms. The summed E-state index contributed by atoms with van der Waals surface area (Å²) in [5.74, 6) is 0.00716. The van der Waals surface area contributed by atoms with E-state index in [4.69, 9.17) is 0 Å². The van der Waals surface area contributed by atoms with E-state index < -0.39 is 9.84 Å². The van der Waals surface area contributed by atoms with Crippen LogP contribution in [-0.4, -0.2) is 30.3 Å². The molecule has 6 nitrogen and oxygen atoms in total. The number of carbonyl (C=O) groups excluding carboxylic acids is 1. The number of benzene rings is 2. The molecule has 144 valence electrons. The second-order valence-corrected chi connectivity index (χ2v) is 9.43. The zero-order chi connectivity index (χ0) is 20.0. The fourth-order valence-electron chi connectivity index (χ4n) is 2.27. The molecule has 0 saturated carbocycles. The topological polar surface area (TPSA) is 89.0 Å². The molecule has 0 aliphatic heterocycles. The van der Waals surface area contributed by atoms with Gasteiger partial charge in [0.05, 0.1) is 10.6 Å². The molecule has 0 spiro atoms. The Morgan fingerprint density at radius 3 is 2.36 bits per heavy atom. The van der Waals surface area contributed by atoms with Crippen LogP contribution in [0.3, 0.4) is 0 Å². The van der Waals surface area contributed by atoms with E-state index in [0.29, 0.717) is 11.6 Å². The van der Waals surface area contributed by atoms with Crippen LogP contribution in [0.15, 0.2) is 86.2 Å². The third kappa shape index (κ3) is 5.18. The van der Waals surface area contributed by atoms with Gasteiger partial charge in [0.1, 0.15) is 5.03 Å². The van der Waals surface area contributed by atoms with Crippen molar-refractivity contribution in [1.82, 2.24) is 15.5 Å². The van der Waals surface area contributed by atoms with Crippen molar-refractivity contribution >= 4 is 43.4 Å². The van der Waals surface area contributed by atoms with Gasteiger partial charge in [0.25, 0.3) is 0 Å². The van der Waals surface area contributed by atoms with E-state index >= 15 is 0 Å². The molecule has 3 aromatic rings. The third-order valence-electron chi connectivity index (χ3n) is 3.73. The van der Waals surface area contributed by atoms with Crippen LogP contribution in [0.25, 0.3) is 0 Å². The van der Waals surface area contributed by atoms with Crippen LogP contribution < -0.4 is 5.32 Å². The lowest BCUT2D eigenvalue weighted by molar-refractivity contribution is -0.118. The lowest BCUT2D eigenvalue weighted by atomic mass is 10.2. The van der Waals surface area contributed by atoms with Gasteiger partial charge in [-0.1, -0.05) is 64.1 Å². The SMILES string of the molecule is O=C(CSc1ccc(S(=O)(=O)c2ccccc2)nn1)NCc1ccccc1Br.